The topological polar surface area (TPSA) is 204 Å². The molecule has 7 N–H and O–H groups in total. The second-order valence-corrected chi connectivity index (χ2v) is 14.2. The fourth-order valence-corrected chi connectivity index (χ4v) is 5.49. The maximum absolute atomic E-state index is 13.7. The first kappa shape index (κ1) is 42.7. The predicted octanol–water partition coefficient (Wildman–Crippen LogP) is 2.06. The van der Waals surface area contributed by atoms with E-state index in [1.165, 1.54) is 0 Å². The smallest absolute Gasteiger partial charge is 0.407 e. The molecular formula is C37H58N6O8. The number of hydrogen-bond acceptors (Lipinski definition) is 8. The molecule has 14 nitrogen and oxygen atoms in total. The van der Waals surface area contributed by atoms with Crippen LogP contribution in [0.3, 0.4) is 0 Å². The summed E-state index contributed by atoms with van der Waals surface area (Å²) >= 11 is 0. The van der Waals surface area contributed by atoms with Gasteiger partial charge in [-0.1, -0.05) is 91.0 Å². The van der Waals surface area contributed by atoms with Crippen molar-refractivity contribution in [2.75, 3.05) is 13.2 Å². The molecule has 2 rings (SSSR count). The van der Waals surface area contributed by atoms with Crippen LogP contribution in [-0.4, -0.2) is 84.2 Å². The molecular weight excluding hydrogens is 656 g/mol. The summed E-state index contributed by atoms with van der Waals surface area (Å²) in [7, 11) is 0. The van der Waals surface area contributed by atoms with E-state index in [9.17, 15) is 33.9 Å². The number of alkyl carbamates (subject to hydrolysis) is 1. The monoisotopic (exact) mass is 714 g/mol. The molecule has 51 heavy (non-hydrogen) atoms. The number of hydrogen-bond donors (Lipinski definition) is 7. The minimum absolute atomic E-state index is 0.0193. The van der Waals surface area contributed by atoms with Gasteiger partial charge in [0, 0.05) is 19.0 Å². The zero-order valence-electron chi connectivity index (χ0n) is 31.0. The molecule has 0 bridgehead atoms. The third kappa shape index (κ3) is 15.5. The summed E-state index contributed by atoms with van der Waals surface area (Å²) in [4.78, 5) is 78.6. The van der Waals surface area contributed by atoms with E-state index in [1.807, 2.05) is 58.0 Å². The van der Waals surface area contributed by atoms with Gasteiger partial charge in [0.05, 0.1) is 25.2 Å². The van der Waals surface area contributed by atoms with E-state index in [0.29, 0.717) is 19.4 Å². The lowest BCUT2D eigenvalue weighted by Crippen LogP contribution is -2.58. The van der Waals surface area contributed by atoms with Gasteiger partial charge in [-0.2, -0.15) is 0 Å². The highest BCUT2D eigenvalue weighted by atomic mass is 16.5. The standard InChI is InChI=1S/C37H58N6O8/c1-22(2)18-27(29(44)19-25(7)33(46)42-31(23(3)4)35(48)39-21-26-14-10-8-11-15-26)40-34(47)28-20-30(45)38-16-12-9-13-17-51-37(50)43-32(24(5)6)36(49)41-28/h8-12,14-15,22-25,27-29,31-32,44H,13,16-21H2,1-7H3,(H,38,45)(H,39,48)(H,40,47)(H,41,49)(H,42,46)(H,43,50)/b12-9+/t25-,27+,28+,29+,31+,32+/m1/s1. The summed E-state index contributed by atoms with van der Waals surface area (Å²) in [6, 6.07) is 5.38. The lowest BCUT2D eigenvalue weighted by molar-refractivity contribution is -0.134. The number of aliphatic hydroxyl groups excluding tert-OH is 1. The predicted molar refractivity (Wildman–Crippen MR) is 193 cm³/mol. The first-order valence-electron chi connectivity index (χ1n) is 17.8. The lowest BCUT2D eigenvalue weighted by atomic mass is 9.91. The summed E-state index contributed by atoms with van der Waals surface area (Å²) in [5.74, 6) is -3.93. The molecule has 0 radical (unpaired) electrons. The van der Waals surface area contributed by atoms with E-state index >= 15 is 0 Å². The van der Waals surface area contributed by atoms with Gasteiger partial charge < -0.3 is 41.7 Å². The van der Waals surface area contributed by atoms with Crippen molar-refractivity contribution < 1.29 is 38.6 Å². The van der Waals surface area contributed by atoms with Crippen molar-refractivity contribution in [2.24, 2.45) is 23.7 Å². The highest BCUT2D eigenvalue weighted by Crippen LogP contribution is 2.17. The van der Waals surface area contributed by atoms with E-state index in [-0.39, 0.29) is 43.2 Å². The lowest BCUT2D eigenvalue weighted by Gasteiger charge is -2.30. The van der Waals surface area contributed by atoms with Crippen molar-refractivity contribution in [1.29, 1.82) is 0 Å². The summed E-state index contributed by atoms with van der Waals surface area (Å²) in [5, 5.41) is 27.7. The maximum Gasteiger partial charge on any atom is 0.407 e. The Labute approximate surface area is 301 Å². The Morgan fingerprint density at radius 2 is 1.59 bits per heavy atom. The second kappa shape index (κ2) is 21.7. The van der Waals surface area contributed by atoms with Crippen LogP contribution in [0.25, 0.3) is 0 Å². The van der Waals surface area contributed by atoms with Gasteiger partial charge in [0.25, 0.3) is 0 Å². The number of cyclic esters (lactones) is 1. The van der Waals surface area contributed by atoms with Gasteiger partial charge >= 0.3 is 6.09 Å². The van der Waals surface area contributed by atoms with Gasteiger partial charge in [0.15, 0.2) is 0 Å². The zero-order valence-corrected chi connectivity index (χ0v) is 31.0. The van der Waals surface area contributed by atoms with Crippen molar-refractivity contribution in [1.82, 2.24) is 31.9 Å². The van der Waals surface area contributed by atoms with Crippen LogP contribution >= 0.6 is 0 Å². The van der Waals surface area contributed by atoms with Crippen LogP contribution in [0.15, 0.2) is 42.5 Å². The summed E-state index contributed by atoms with van der Waals surface area (Å²) < 4.78 is 5.15. The molecule has 0 saturated carbocycles. The first-order valence-corrected chi connectivity index (χ1v) is 17.8. The molecule has 1 aliphatic rings. The van der Waals surface area contributed by atoms with Gasteiger partial charge in [0.2, 0.25) is 29.5 Å². The fourth-order valence-electron chi connectivity index (χ4n) is 5.49. The molecule has 1 aromatic rings. The largest absolute Gasteiger partial charge is 0.449 e. The average Bonchev–Trinajstić information content (AvgIpc) is 3.07. The molecule has 14 heteroatoms. The zero-order chi connectivity index (χ0) is 38.1. The van der Waals surface area contributed by atoms with E-state index in [1.54, 1.807) is 32.9 Å². The third-order valence-electron chi connectivity index (χ3n) is 8.46. The first-order chi connectivity index (χ1) is 24.1. The van der Waals surface area contributed by atoms with Crippen molar-refractivity contribution in [2.45, 2.75) is 111 Å². The average molecular weight is 715 g/mol. The van der Waals surface area contributed by atoms with Crippen molar-refractivity contribution in [3.05, 3.63) is 48.0 Å². The minimum Gasteiger partial charge on any atom is -0.449 e. The van der Waals surface area contributed by atoms with Gasteiger partial charge in [-0.25, -0.2) is 4.79 Å². The molecule has 1 heterocycles. The molecule has 0 saturated heterocycles. The normalized spacial score (nSPS) is 20.6. The number of carbonyl (C=O) groups excluding carboxylic acids is 6. The minimum atomic E-state index is -1.34. The molecule has 0 aromatic heterocycles. The quantitative estimate of drug-likeness (QED) is 0.142. The van der Waals surface area contributed by atoms with Crippen molar-refractivity contribution in [3.8, 4) is 0 Å². The number of amides is 6. The Hall–Kier alpha value is -4.46. The number of carbonyl (C=O) groups is 6. The molecule has 284 valence electrons. The highest BCUT2D eigenvalue weighted by Gasteiger charge is 2.34. The van der Waals surface area contributed by atoms with Crippen LogP contribution in [0, 0.1) is 23.7 Å². The van der Waals surface area contributed by atoms with Crippen molar-refractivity contribution in [3.63, 3.8) is 0 Å². The van der Waals surface area contributed by atoms with Crippen molar-refractivity contribution >= 4 is 35.6 Å². The number of aliphatic hydroxyl groups is 1. The Bertz CT molecular complexity index is 1340. The molecule has 0 aliphatic carbocycles. The van der Waals surface area contributed by atoms with Crippen LogP contribution in [0.5, 0.6) is 0 Å². The van der Waals surface area contributed by atoms with Crippen LogP contribution in [-0.2, 0) is 35.3 Å². The summed E-state index contributed by atoms with van der Waals surface area (Å²) in [6.45, 7) is 13.1. The molecule has 0 spiro atoms. The molecule has 1 aliphatic heterocycles. The molecule has 0 unspecified atom stereocenters. The van der Waals surface area contributed by atoms with Gasteiger partial charge in [-0.15, -0.1) is 0 Å². The summed E-state index contributed by atoms with van der Waals surface area (Å²) in [5.41, 5.74) is 0.922. The molecule has 6 amide bonds. The van der Waals surface area contributed by atoms with E-state index < -0.39 is 72.3 Å². The third-order valence-corrected chi connectivity index (χ3v) is 8.46. The van der Waals surface area contributed by atoms with Crippen LogP contribution in [0.4, 0.5) is 4.79 Å². The van der Waals surface area contributed by atoms with Gasteiger partial charge in [0.1, 0.15) is 18.1 Å². The van der Waals surface area contributed by atoms with E-state index in [2.05, 4.69) is 31.9 Å². The number of rotatable bonds is 14. The van der Waals surface area contributed by atoms with Crippen LogP contribution in [0.1, 0.15) is 79.7 Å². The molecule has 1 aromatic carbocycles. The Morgan fingerprint density at radius 1 is 0.902 bits per heavy atom. The second-order valence-electron chi connectivity index (χ2n) is 14.2. The van der Waals surface area contributed by atoms with Crippen LogP contribution < -0.4 is 31.9 Å². The number of benzene rings is 1. The SMILES string of the molecule is CC(C)C[C@H](NC(=O)[C@@H]1CC(=O)NC/C=C/CCOC(=O)N[C@@H](C(C)C)C(=O)N1)[C@@H](O)C[C@@H](C)C(=O)N[C@H](C(=O)NCc1ccccc1)C(C)C. The number of ether oxygens (including phenoxy) is 1. The molecule has 6 atom stereocenters. The Morgan fingerprint density at radius 3 is 2.22 bits per heavy atom. The highest BCUT2D eigenvalue weighted by molar-refractivity contribution is 5.94. The van der Waals surface area contributed by atoms with Crippen LogP contribution in [0.2, 0.25) is 0 Å². The maximum atomic E-state index is 13.7. The summed E-state index contributed by atoms with van der Waals surface area (Å²) in [6.07, 6.45) is 1.77. The van der Waals surface area contributed by atoms with E-state index in [0.717, 1.165) is 5.56 Å². The Kier molecular flexibility index (Phi) is 18.2. The fraction of sp³-hybridized carbons (Fsp3) is 0.622. The Balaban J connectivity index is 2.17. The number of nitrogens with one attached hydrogen (secondary N) is 6. The van der Waals surface area contributed by atoms with Gasteiger partial charge in [-0.3, -0.25) is 24.0 Å². The van der Waals surface area contributed by atoms with Gasteiger partial charge in [-0.05, 0) is 42.6 Å². The van der Waals surface area contributed by atoms with E-state index in [4.69, 9.17) is 4.74 Å². The molecule has 0 fully saturated rings.